The van der Waals surface area contributed by atoms with Gasteiger partial charge < -0.3 is 15.4 Å². The lowest BCUT2D eigenvalue weighted by molar-refractivity contribution is 0.0974. The van der Waals surface area contributed by atoms with Gasteiger partial charge in [0.05, 0.1) is 25.1 Å². The van der Waals surface area contributed by atoms with Gasteiger partial charge in [-0.15, -0.1) is 0 Å². The lowest BCUT2D eigenvalue weighted by Crippen LogP contribution is -2.50. The minimum absolute atomic E-state index is 0.0537. The molecule has 0 aromatic carbocycles. The minimum atomic E-state index is -0.560. The Kier molecular flexibility index (Phi) is 4.41. The van der Waals surface area contributed by atoms with Gasteiger partial charge in [-0.1, -0.05) is 11.6 Å². The van der Waals surface area contributed by atoms with Crippen LogP contribution in [0.15, 0.2) is 24.7 Å². The first-order valence-electron chi connectivity index (χ1n) is 9.62. The Morgan fingerprint density at radius 1 is 1.28 bits per heavy atom. The summed E-state index contributed by atoms with van der Waals surface area (Å²) in [5, 5.41) is 4.15. The Morgan fingerprint density at radius 2 is 2.07 bits per heavy atom. The van der Waals surface area contributed by atoms with Crippen LogP contribution >= 0.6 is 11.6 Å². The van der Waals surface area contributed by atoms with E-state index in [1.807, 2.05) is 6.92 Å². The smallest absolute Gasteiger partial charge is 0.183 e. The molecule has 29 heavy (non-hydrogen) atoms. The summed E-state index contributed by atoms with van der Waals surface area (Å²) in [6.45, 7) is 4.45. The van der Waals surface area contributed by atoms with Gasteiger partial charge in [0.2, 0.25) is 0 Å². The van der Waals surface area contributed by atoms with Gasteiger partial charge in [-0.05, 0) is 25.8 Å². The molecule has 152 valence electrons. The Balaban J connectivity index is 1.40. The van der Waals surface area contributed by atoms with Crippen molar-refractivity contribution in [3.8, 4) is 5.82 Å². The number of halogens is 2. The van der Waals surface area contributed by atoms with Crippen molar-refractivity contribution >= 4 is 28.6 Å². The molecule has 2 fully saturated rings. The molecule has 0 aliphatic carbocycles. The van der Waals surface area contributed by atoms with E-state index >= 15 is 0 Å². The number of fused-ring (bicyclic) bond motifs is 1. The second-order valence-corrected chi connectivity index (χ2v) is 8.19. The number of aromatic nitrogens is 5. The predicted octanol–water partition coefficient (Wildman–Crippen LogP) is 2.34. The average Bonchev–Trinajstić information content (AvgIpc) is 3.27. The summed E-state index contributed by atoms with van der Waals surface area (Å²) < 4.78 is 21.0. The zero-order valence-electron chi connectivity index (χ0n) is 15.9. The molecule has 0 radical (unpaired) electrons. The first-order chi connectivity index (χ1) is 14.0. The van der Waals surface area contributed by atoms with E-state index in [1.165, 1.54) is 16.9 Å². The third-order valence-electron chi connectivity index (χ3n) is 6.22. The topological polar surface area (TPSA) is 95.0 Å². The summed E-state index contributed by atoms with van der Waals surface area (Å²) in [6, 6.07) is 1.27. The molecule has 0 saturated carbocycles. The van der Waals surface area contributed by atoms with E-state index in [0.29, 0.717) is 11.2 Å². The lowest BCUT2D eigenvalue weighted by atomic mass is 9.73. The van der Waals surface area contributed by atoms with Crippen molar-refractivity contribution in [3.63, 3.8) is 0 Å². The van der Waals surface area contributed by atoms with E-state index in [4.69, 9.17) is 27.1 Å². The summed E-state index contributed by atoms with van der Waals surface area (Å²) in [6.07, 6.45) is 6.66. The highest BCUT2D eigenvalue weighted by Gasteiger charge is 2.47. The number of hydrogen-bond donors (Lipinski definition) is 1. The van der Waals surface area contributed by atoms with E-state index in [-0.39, 0.29) is 28.4 Å². The molecule has 3 aromatic rings. The van der Waals surface area contributed by atoms with Crippen LogP contribution in [-0.4, -0.2) is 56.6 Å². The van der Waals surface area contributed by atoms with Crippen molar-refractivity contribution in [2.24, 2.45) is 11.1 Å². The highest BCUT2D eigenvalue weighted by atomic mass is 35.5. The molecule has 10 heteroatoms. The van der Waals surface area contributed by atoms with Crippen LogP contribution in [0.2, 0.25) is 5.02 Å². The Morgan fingerprint density at radius 3 is 2.79 bits per heavy atom. The predicted molar refractivity (Wildman–Crippen MR) is 107 cm³/mol. The van der Waals surface area contributed by atoms with E-state index in [9.17, 15) is 4.39 Å². The molecule has 5 heterocycles. The van der Waals surface area contributed by atoms with Crippen LogP contribution in [0.1, 0.15) is 19.8 Å². The quantitative estimate of drug-likeness (QED) is 0.683. The Labute approximate surface area is 171 Å². The molecule has 2 N–H and O–H groups in total. The molecule has 0 amide bonds. The second kappa shape index (κ2) is 6.86. The second-order valence-electron chi connectivity index (χ2n) is 7.82. The van der Waals surface area contributed by atoms with Gasteiger partial charge in [0.25, 0.3) is 0 Å². The number of rotatable bonds is 2. The van der Waals surface area contributed by atoms with Crippen LogP contribution in [0.4, 0.5) is 10.2 Å². The fourth-order valence-corrected chi connectivity index (χ4v) is 4.52. The highest BCUT2D eigenvalue weighted by Crippen LogP contribution is 2.41. The van der Waals surface area contributed by atoms with Crippen LogP contribution in [0.5, 0.6) is 0 Å². The standard InChI is InChI=1S/C19H21ClFN7O/c1-11-16(22)19(10-29-11)3-6-27(7-4-19)14-9-24-17-13(26-14)8-25-28(17)18-15(20)12(21)2-5-23-18/h2,5,8-9,11,16H,3-4,6-7,10,22H2,1H3/t11-,16+/m0/s1. The summed E-state index contributed by atoms with van der Waals surface area (Å²) in [7, 11) is 0. The third kappa shape index (κ3) is 2.95. The maximum atomic E-state index is 13.8. The fourth-order valence-electron chi connectivity index (χ4n) is 4.32. The zero-order chi connectivity index (χ0) is 20.2. The van der Waals surface area contributed by atoms with Crippen molar-refractivity contribution in [2.45, 2.75) is 31.9 Å². The molecule has 2 saturated heterocycles. The maximum absolute atomic E-state index is 13.8. The van der Waals surface area contributed by atoms with Crippen molar-refractivity contribution < 1.29 is 9.13 Å². The fraction of sp³-hybridized carbons (Fsp3) is 0.474. The van der Waals surface area contributed by atoms with Crippen LogP contribution in [0.3, 0.4) is 0 Å². The maximum Gasteiger partial charge on any atom is 0.183 e. The number of hydrogen-bond acceptors (Lipinski definition) is 7. The van der Waals surface area contributed by atoms with E-state index in [2.05, 4.69) is 20.0 Å². The van der Waals surface area contributed by atoms with Crippen molar-refractivity contribution in [1.29, 1.82) is 0 Å². The Hall–Kier alpha value is -2.36. The molecule has 3 aromatic heterocycles. The van der Waals surface area contributed by atoms with Crippen molar-refractivity contribution in [3.05, 3.63) is 35.5 Å². The Bertz CT molecular complexity index is 1070. The number of nitrogens with two attached hydrogens (primary N) is 1. The molecule has 2 aliphatic rings. The average molecular weight is 418 g/mol. The molecular weight excluding hydrogens is 397 g/mol. The van der Waals surface area contributed by atoms with Crippen LogP contribution in [0, 0.1) is 11.2 Å². The number of ether oxygens (including phenoxy) is 1. The summed E-state index contributed by atoms with van der Waals surface area (Å²) in [5.74, 6) is 0.411. The highest BCUT2D eigenvalue weighted by molar-refractivity contribution is 6.32. The van der Waals surface area contributed by atoms with Crippen LogP contribution in [0.25, 0.3) is 17.0 Å². The van der Waals surface area contributed by atoms with Gasteiger partial charge in [0, 0.05) is 30.7 Å². The molecule has 8 nitrogen and oxygen atoms in total. The lowest BCUT2D eigenvalue weighted by Gasteiger charge is -2.41. The number of nitrogens with zero attached hydrogens (tertiary/aromatic N) is 6. The van der Waals surface area contributed by atoms with Gasteiger partial charge in [-0.2, -0.15) is 9.78 Å². The monoisotopic (exact) mass is 417 g/mol. The van der Waals surface area contributed by atoms with Gasteiger partial charge in [-0.3, -0.25) is 0 Å². The molecule has 0 unspecified atom stereocenters. The van der Waals surface area contributed by atoms with Crippen LogP contribution < -0.4 is 10.6 Å². The molecule has 2 aliphatic heterocycles. The first kappa shape index (κ1) is 18.7. The molecular formula is C19H21ClFN7O. The summed E-state index contributed by atoms with van der Waals surface area (Å²) in [5.41, 5.74) is 7.53. The minimum Gasteiger partial charge on any atom is -0.376 e. The summed E-state index contributed by atoms with van der Waals surface area (Å²) >= 11 is 6.04. The molecule has 0 bridgehead atoms. The van der Waals surface area contributed by atoms with Gasteiger partial charge in [-0.25, -0.2) is 19.3 Å². The normalized spacial score (nSPS) is 23.9. The molecule has 1 spiro atoms. The number of anilines is 1. The van der Waals surface area contributed by atoms with Gasteiger partial charge >= 0.3 is 0 Å². The SMILES string of the molecule is C[C@@H]1OCC2(CCN(c3cnc4c(cnn4-c4nccc(F)c4Cl)n3)CC2)[C@@H]1N. The van der Waals surface area contributed by atoms with E-state index in [0.717, 1.165) is 38.4 Å². The van der Waals surface area contributed by atoms with Crippen molar-refractivity contribution in [2.75, 3.05) is 24.6 Å². The first-order valence-corrected chi connectivity index (χ1v) is 10.00. The van der Waals surface area contributed by atoms with E-state index < -0.39 is 5.82 Å². The summed E-state index contributed by atoms with van der Waals surface area (Å²) in [4.78, 5) is 15.5. The number of pyridine rings is 1. The largest absolute Gasteiger partial charge is 0.376 e. The van der Waals surface area contributed by atoms with Gasteiger partial charge in [0.1, 0.15) is 22.2 Å². The zero-order valence-corrected chi connectivity index (χ0v) is 16.7. The third-order valence-corrected chi connectivity index (χ3v) is 6.57. The number of piperidine rings is 1. The molecule has 5 rings (SSSR count). The van der Waals surface area contributed by atoms with Gasteiger partial charge in [0.15, 0.2) is 11.5 Å². The van der Waals surface area contributed by atoms with E-state index in [1.54, 1.807) is 12.4 Å². The van der Waals surface area contributed by atoms with Crippen molar-refractivity contribution in [1.82, 2.24) is 24.7 Å². The molecule has 2 atom stereocenters. The van der Waals surface area contributed by atoms with Crippen LogP contribution in [-0.2, 0) is 4.74 Å².